The lowest BCUT2D eigenvalue weighted by molar-refractivity contribution is -0.858. The monoisotopic (exact) mass is 265 g/mol. The van der Waals surface area contributed by atoms with E-state index in [4.69, 9.17) is 4.74 Å². The maximum atomic E-state index is 11.7. The van der Waals surface area contributed by atoms with E-state index in [0.717, 1.165) is 25.2 Å². The lowest BCUT2D eigenvalue weighted by Gasteiger charge is -2.09. The second-order valence-corrected chi connectivity index (χ2v) is 4.95. The van der Waals surface area contributed by atoms with E-state index in [9.17, 15) is 4.79 Å². The normalized spacial score (nSPS) is 10.5. The van der Waals surface area contributed by atoms with Gasteiger partial charge in [-0.05, 0) is 30.7 Å². The molecule has 0 bridgehead atoms. The van der Waals surface area contributed by atoms with Crippen LogP contribution in [-0.2, 0) is 4.74 Å². The fourth-order valence-electron chi connectivity index (χ4n) is 1.56. The van der Waals surface area contributed by atoms with Crippen molar-refractivity contribution in [1.82, 2.24) is 0 Å². The van der Waals surface area contributed by atoms with Crippen molar-refractivity contribution in [1.29, 1.82) is 0 Å². The molecule has 0 radical (unpaired) electrons. The lowest BCUT2D eigenvalue weighted by atomic mass is 10.2. The van der Waals surface area contributed by atoms with Crippen LogP contribution in [0.25, 0.3) is 0 Å². The Balaban J connectivity index is 2.39. The van der Waals surface area contributed by atoms with Crippen molar-refractivity contribution in [2.75, 3.05) is 39.1 Å². The Morgan fingerprint density at radius 2 is 1.95 bits per heavy atom. The third kappa shape index (κ3) is 6.25. The Morgan fingerprint density at radius 3 is 2.53 bits per heavy atom. The van der Waals surface area contributed by atoms with Gasteiger partial charge in [0.1, 0.15) is 13.2 Å². The molecule has 1 aromatic carbocycles. The molecular weight excluding hydrogens is 240 g/mol. The van der Waals surface area contributed by atoms with Crippen molar-refractivity contribution in [3.8, 4) is 0 Å². The van der Waals surface area contributed by atoms with E-state index in [2.05, 4.69) is 12.2 Å². The standard InChI is InChI=1S/C15H24N2O2/c1-4-5-10-16-14-8-6-13(7-9-14)15(18)19-12-11-17(2)3/h6-9,16H,4-5,10-12H2,1-3H3/p+1. The van der Waals surface area contributed by atoms with Crippen LogP contribution in [0.3, 0.4) is 0 Å². The number of likely N-dealkylation sites (N-methyl/N-ethyl adjacent to an activating group) is 1. The van der Waals surface area contributed by atoms with Crippen LogP contribution in [0.4, 0.5) is 5.69 Å². The number of rotatable bonds is 8. The fourth-order valence-corrected chi connectivity index (χ4v) is 1.56. The molecule has 4 heteroatoms. The first-order valence-corrected chi connectivity index (χ1v) is 6.93. The molecule has 0 aliphatic carbocycles. The highest BCUT2D eigenvalue weighted by Crippen LogP contribution is 2.10. The molecule has 0 aliphatic rings. The Morgan fingerprint density at radius 1 is 1.26 bits per heavy atom. The number of esters is 1. The molecule has 106 valence electrons. The van der Waals surface area contributed by atoms with E-state index in [0.29, 0.717) is 12.2 Å². The number of carbonyl (C=O) groups is 1. The summed E-state index contributed by atoms with van der Waals surface area (Å²) in [6, 6.07) is 7.45. The van der Waals surface area contributed by atoms with Crippen LogP contribution in [0.2, 0.25) is 0 Å². The average Bonchev–Trinajstić information content (AvgIpc) is 2.39. The van der Waals surface area contributed by atoms with Crippen LogP contribution >= 0.6 is 0 Å². The molecule has 1 rings (SSSR count). The highest BCUT2D eigenvalue weighted by atomic mass is 16.5. The van der Waals surface area contributed by atoms with Crippen LogP contribution in [0, 0.1) is 0 Å². The molecule has 0 unspecified atom stereocenters. The van der Waals surface area contributed by atoms with Gasteiger partial charge in [0.25, 0.3) is 0 Å². The first-order chi connectivity index (χ1) is 9.13. The minimum atomic E-state index is -0.249. The van der Waals surface area contributed by atoms with Crippen LogP contribution in [0.1, 0.15) is 30.1 Å². The lowest BCUT2D eigenvalue weighted by Crippen LogP contribution is -3.06. The third-order valence-electron chi connectivity index (χ3n) is 2.82. The van der Waals surface area contributed by atoms with Crippen LogP contribution in [0.5, 0.6) is 0 Å². The molecule has 0 spiro atoms. The van der Waals surface area contributed by atoms with Crippen molar-refractivity contribution < 1.29 is 14.4 Å². The predicted molar refractivity (Wildman–Crippen MR) is 77.8 cm³/mol. The van der Waals surface area contributed by atoms with E-state index in [1.807, 2.05) is 26.2 Å². The van der Waals surface area contributed by atoms with Crippen molar-refractivity contribution in [3.63, 3.8) is 0 Å². The summed E-state index contributed by atoms with van der Waals surface area (Å²) in [5, 5.41) is 3.31. The number of hydrogen-bond donors (Lipinski definition) is 2. The topological polar surface area (TPSA) is 42.8 Å². The Bertz CT molecular complexity index is 374. The first kappa shape index (κ1) is 15.5. The van der Waals surface area contributed by atoms with Gasteiger partial charge in [-0.3, -0.25) is 0 Å². The number of quaternary nitrogens is 1. The van der Waals surface area contributed by atoms with Gasteiger partial charge < -0.3 is 15.0 Å². The van der Waals surface area contributed by atoms with Crippen molar-refractivity contribution >= 4 is 11.7 Å². The first-order valence-electron chi connectivity index (χ1n) is 6.93. The van der Waals surface area contributed by atoms with Gasteiger partial charge in [0, 0.05) is 12.2 Å². The number of unbranched alkanes of at least 4 members (excludes halogenated alkanes) is 1. The second kappa shape index (κ2) is 8.53. The molecule has 0 atom stereocenters. The molecule has 2 N–H and O–H groups in total. The van der Waals surface area contributed by atoms with E-state index in [1.54, 1.807) is 12.1 Å². The number of ether oxygens (including phenoxy) is 1. The highest BCUT2D eigenvalue weighted by Gasteiger charge is 2.07. The van der Waals surface area contributed by atoms with Gasteiger partial charge in [-0.1, -0.05) is 13.3 Å². The van der Waals surface area contributed by atoms with Crippen LogP contribution in [0.15, 0.2) is 24.3 Å². The van der Waals surface area contributed by atoms with E-state index < -0.39 is 0 Å². The van der Waals surface area contributed by atoms with Crippen molar-refractivity contribution in [2.24, 2.45) is 0 Å². The average molecular weight is 265 g/mol. The Labute approximate surface area is 115 Å². The van der Waals surface area contributed by atoms with E-state index in [-0.39, 0.29) is 5.97 Å². The van der Waals surface area contributed by atoms with Gasteiger partial charge >= 0.3 is 5.97 Å². The summed E-state index contributed by atoms with van der Waals surface area (Å²) in [6.07, 6.45) is 2.32. The molecule has 0 fully saturated rings. The molecule has 19 heavy (non-hydrogen) atoms. The maximum Gasteiger partial charge on any atom is 0.338 e. The molecule has 1 aromatic rings. The summed E-state index contributed by atoms with van der Waals surface area (Å²) >= 11 is 0. The molecule has 0 saturated carbocycles. The fraction of sp³-hybridized carbons (Fsp3) is 0.533. The summed E-state index contributed by atoms with van der Waals surface area (Å²) in [5.41, 5.74) is 1.65. The molecule has 0 heterocycles. The van der Waals surface area contributed by atoms with Crippen LogP contribution in [-0.4, -0.2) is 39.8 Å². The molecule has 0 aromatic heterocycles. The zero-order chi connectivity index (χ0) is 14.1. The largest absolute Gasteiger partial charge is 0.456 e. The number of carbonyl (C=O) groups excluding carboxylic acids is 1. The summed E-state index contributed by atoms with van der Waals surface area (Å²) in [4.78, 5) is 13.0. The smallest absolute Gasteiger partial charge is 0.338 e. The van der Waals surface area contributed by atoms with E-state index in [1.165, 1.54) is 11.3 Å². The minimum absolute atomic E-state index is 0.249. The summed E-state index contributed by atoms with van der Waals surface area (Å²) in [5.74, 6) is -0.249. The Hall–Kier alpha value is -1.55. The van der Waals surface area contributed by atoms with Crippen molar-refractivity contribution in [3.05, 3.63) is 29.8 Å². The molecule has 0 aliphatic heterocycles. The third-order valence-corrected chi connectivity index (χ3v) is 2.82. The zero-order valence-electron chi connectivity index (χ0n) is 12.2. The zero-order valence-corrected chi connectivity index (χ0v) is 12.2. The van der Waals surface area contributed by atoms with Crippen LogP contribution < -0.4 is 10.2 Å². The maximum absolute atomic E-state index is 11.7. The summed E-state index contributed by atoms with van der Waals surface area (Å²) in [6.45, 7) is 4.40. The van der Waals surface area contributed by atoms with Gasteiger partial charge in [-0.15, -0.1) is 0 Å². The van der Waals surface area contributed by atoms with Gasteiger partial charge in [-0.2, -0.15) is 0 Å². The summed E-state index contributed by atoms with van der Waals surface area (Å²) < 4.78 is 5.20. The number of benzene rings is 1. The molecule has 0 amide bonds. The molecular formula is C15H25N2O2+. The molecule has 4 nitrogen and oxygen atoms in total. The van der Waals surface area contributed by atoms with Crippen molar-refractivity contribution in [2.45, 2.75) is 19.8 Å². The number of nitrogens with one attached hydrogen (secondary N) is 2. The predicted octanol–water partition coefficient (Wildman–Crippen LogP) is 1.20. The SMILES string of the molecule is CCCCNc1ccc(C(=O)OCC[NH+](C)C)cc1. The second-order valence-electron chi connectivity index (χ2n) is 4.95. The minimum Gasteiger partial charge on any atom is -0.456 e. The molecule has 0 saturated heterocycles. The van der Waals surface area contributed by atoms with E-state index >= 15 is 0 Å². The number of anilines is 1. The van der Waals surface area contributed by atoms with Gasteiger partial charge in [0.2, 0.25) is 0 Å². The summed E-state index contributed by atoms with van der Waals surface area (Å²) in [7, 11) is 4.06. The highest BCUT2D eigenvalue weighted by molar-refractivity contribution is 5.89. The van der Waals surface area contributed by atoms with Gasteiger partial charge in [0.05, 0.1) is 19.7 Å². The quantitative estimate of drug-likeness (QED) is 0.548. The van der Waals surface area contributed by atoms with Gasteiger partial charge in [0.15, 0.2) is 0 Å². The van der Waals surface area contributed by atoms with Gasteiger partial charge in [-0.25, -0.2) is 4.79 Å². The Kier molecular flexibility index (Phi) is 6.97. The number of hydrogen-bond acceptors (Lipinski definition) is 3.